The van der Waals surface area contributed by atoms with Gasteiger partial charge in [0.25, 0.3) is 0 Å². The van der Waals surface area contributed by atoms with E-state index in [4.69, 9.17) is 9.15 Å². The number of sulfonamides is 1. The normalized spacial score (nSPS) is 12.6. The zero-order valence-electron chi connectivity index (χ0n) is 32.5. The maximum Gasteiger partial charge on any atom is 0.311 e. The molecule has 1 aliphatic carbocycles. The van der Waals surface area contributed by atoms with Crippen LogP contribution in [-0.2, 0) is 19.6 Å². The van der Waals surface area contributed by atoms with Gasteiger partial charge >= 0.3 is 5.97 Å². The van der Waals surface area contributed by atoms with Crippen LogP contribution in [-0.4, -0.2) is 34.1 Å². The van der Waals surface area contributed by atoms with E-state index in [0.29, 0.717) is 23.3 Å². The number of nitrogens with one attached hydrogen (secondary N) is 2. The van der Waals surface area contributed by atoms with Gasteiger partial charge in [-0.3, -0.25) is 4.79 Å². The Labute approximate surface area is 318 Å². The smallest absolute Gasteiger partial charge is 0.311 e. The molecule has 0 aromatic heterocycles. The lowest BCUT2D eigenvalue weighted by Crippen LogP contribution is -2.31. The first-order chi connectivity index (χ1) is 25.8. The summed E-state index contributed by atoms with van der Waals surface area (Å²) in [5.41, 5.74) is 9.61. The highest BCUT2D eigenvalue weighted by molar-refractivity contribution is 7.89. The third kappa shape index (κ3) is 7.70. The SMILES string of the molecule is CC/[N+](c1c(C)cccc1C)=c1/ccc2c(-c3ccccc3S(=O)(=O)NCCOC(=O)C(C)(C)CC)c3ccc(Nc4c(C)cccc4C)cc3oc-2c1. The van der Waals surface area contributed by atoms with Crippen molar-refractivity contribution in [2.75, 3.05) is 25.0 Å². The van der Waals surface area contributed by atoms with Gasteiger partial charge in [-0.1, -0.05) is 61.5 Å². The zero-order chi connectivity index (χ0) is 38.8. The van der Waals surface area contributed by atoms with Gasteiger partial charge in [0.05, 0.1) is 16.4 Å². The van der Waals surface area contributed by atoms with Crippen molar-refractivity contribution in [3.8, 4) is 22.5 Å². The summed E-state index contributed by atoms with van der Waals surface area (Å²) in [6, 6.07) is 31.6. The second kappa shape index (κ2) is 15.6. The summed E-state index contributed by atoms with van der Waals surface area (Å²) in [6.07, 6.45) is 0.614. The van der Waals surface area contributed by atoms with E-state index in [2.05, 4.69) is 85.6 Å². The quantitative estimate of drug-likeness (QED) is 0.0561. The fourth-order valence-electron chi connectivity index (χ4n) is 6.92. The number of fused-ring (bicyclic) bond motifs is 2. The Kier molecular flexibility index (Phi) is 11.1. The van der Waals surface area contributed by atoms with Crippen LogP contribution in [0.2, 0.25) is 0 Å². The summed E-state index contributed by atoms with van der Waals surface area (Å²) in [5, 5.41) is 5.32. The summed E-state index contributed by atoms with van der Waals surface area (Å²) in [5.74, 6) is 0.259. The molecule has 0 fully saturated rings. The number of ether oxygens (including phenoxy) is 1. The number of nitrogens with zero attached hydrogens (tertiary/aromatic N) is 1. The van der Waals surface area contributed by atoms with Crippen molar-refractivity contribution in [2.45, 2.75) is 66.7 Å². The molecule has 0 saturated heterocycles. The maximum absolute atomic E-state index is 14.0. The van der Waals surface area contributed by atoms with E-state index in [0.717, 1.165) is 56.6 Å². The number of carbonyl (C=O) groups is 1. The van der Waals surface area contributed by atoms with Crippen LogP contribution in [0.1, 0.15) is 56.4 Å². The van der Waals surface area contributed by atoms with Crippen LogP contribution in [0.15, 0.2) is 106 Å². The second-order valence-electron chi connectivity index (χ2n) is 14.5. The number of carbonyl (C=O) groups excluding carboxylic acids is 1. The van der Waals surface area contributed by atoms with Gasteiger partial charge in [-0.25, -0.2) is 13.1 Å². The Hall–Kier alpha value is -5.25. The van der Waals surface area contributed by atoms with Gasteiger partial charge < -0.3 is 14.5 Å². The molecule has 2 N–H and O–H groups in total. The summed E-state index contributed by atoms with van der Waals surface area (Å²) in [4.78, 5) is 12.6. The van der Waals surface area contributed by atoms with Gasteiger partial charge in [0, 0.05) is 63.3 Å². The summed E-state index contributed by atoms with van der Waals surface area (Å²) in [7, 11) is -4.04. The highest BCUT2D eigenvalue weighted by Gasteiger charge is 2.28. The number of aryl methyl sites for hydroxylation is 4. The van der Waals surface area contributed by atoms with Gasteiger partial charge in [-0.05, 0) is 90.3 Å². The molecule has 8 nitrogen and oxygen atoms in total. The Morgan fingerprint density at radius 1 is 0.796 bits per heavy atom. The van der Waals surface area contributed by atoms with Crippen LogP contribution in [0, 0.1) is 33.1 Å². The van der Waals surface area contributed by atoms with Crippen molar-refractivity contribution in [1.82, 2.24) is 9.30 Å². The number of para-hydroxylation sites is 2. The van der Waals surface area contributed by atoms with Crippen LogP contribution >= 0.6 is 0 Å². The standard InChI is InChI=1S/C45H49N3O5S/c1-9-45(7,8)44(49)52-26-25-46-54(50,51)40-20-12-11-19-37(40)41-35-23-21-33(47-42-29(3)15-13-16-30(42)4)27-38(35)53-39-28-34(22-24-36(39)41)48(10-2)43-31(5)17-14-18-32(43)6/h11-24,27-28,46H,9-10,25-26H2,1-8H3/p+1. The van der Waals surface area contributed by atoms with E-state index >= 15 is 0 Å². The molecule has 0 spiro atoms. The predicted molar refractivity (Wildman–Crippen MR) is 219 cm³/mol. The Balaban J connectivity index is 1.53. The molecule has 4 aromatic rings. The molecule has 6 rings (SSSR count). The van der Waals surface area contributed by atoms with Crippen molar-refractivity contribution in [1.29, 1.82) is 0 Å². The zero-order valence-corrected chi connectivity index (χ0v) is 33.3. The number of anilines is 2. The summed E-state index contributed by atoms with van der Waals surface area (Å²) in [6.45, 7) is 16.7. The van der Waals surface area contributed by atoms with Crippen molar-refractivity contribution in [2.24, 2.45) is 5.41 Å². The molecule has 0 amide bonds. The molecule has 280 valence electrons. The number of hydrogen-bond acceptors (Lipinski definition) is 6. The lowest BCUT2D eigenvalue weighted by Gasteiger charge is -2.21. The van der Waals surface area contributed by atoms with E-state index in [1.807, 2.05) is 69.3 Å². The molecule has 4 aromatic carbocycles. The molecule has 0 saturated carbocycles. The Bertz CT molecular complexity index is 2480. The Morgan fingerprint density at radius 3 is 2.13 bits per heavy atom. The molecule has 1 aliphatic heterocycles. The fourth-order valence-corrected chi connectivity index (χ4v) is 8.14. The molecular formula is C45H50N3O5S+. The van der Waals surface area contributed by atoms with E-state index in [9.17, 15) is 13.2 Å². The Morgan fingerprint density at radius 2 is 1.46 bits per heavy atom. The van der Waals surface area contributed by atoms with Crippen LogP contribution < -0.4 is 20.0 Å². The first-order valence-electron chi connectivity index (χ1n) is 18.5. The molecule has 54 heavy (non-hydrogen) atoms. The van der Waals surface area contributed by atoms with E-state index in [1.54, 1.807) is 12.1 Å². The van der Waals surface area contributed by atoms with E-state index in [1.165, 1.54) is 11.1 Å². The van der Waals surface area contributed by atoms with Crippen molar-refractivity contribution in [3.63, 3.8) is 0 Å². The molecule has 1 heterocycles. The minimum atomic E-state index is -4.04. The number of rotatable bonds is 12. The minimum absolute atomic E-state index is 0.0598. The average molecular weight is 745 g/mol. The fraction of sp³-hybridized carbons (Fsp3) is 0.289. The highest BCUT2D eigenvalue weighted by Crippen LogP contribution is 2.43. The van der Waals surface area contributed by atoms with E-state index in [-0.39, 0.29) is 24.0 Å². The van der Waals surface area contributed by atoms with Crippen LogP contribution in [0.25, 0.3) is 33.4 Å². The number of benzene rings is 5. The first kappa shape index (κ1) is 38.5. The van der Waals surface area contributed by atoms with Gasteiger partial charge in [0.2, 0.25) is 21.1 Å². The second-order valence-corrected chi connectivity index (χ2v) is 16.2. The van der Waals surface area contributed by atoms with E-state index < -0.39 is 15.4 Å². The van der Waals surface area contributed by atoms with Gasteiger partial charge in [0.1, 0.15) is 24.5 Å². The number of hydrogen-bond donors (Lipinski definition) is 2. The summed E-state index contributed by atoms with van der Waals surface area (Å²) < 4.78 is 45.2. The molecule has 0 unspecified atom stereocenters. The monoisotopic (exact) mass is 744 g/mol. The third-order valence-electron chi connectivity index (χ3n) is 10.3. The lowest BCUT2D eigenvalue weighted by atomic mass is 9.91. The van der Waals surface area contributed by atoms with Crippen molar-refractivity contribution < 1.29 is 22.4 Å². The predicted octanol–water partition coefficient (Wildman–Crippen LogP) is 9.56. The van der Waals surface area contributed by atoms with Gasteiger partial charge in [-0.2, -0.15) is 4.58 Å². The van der Waals surface area contributed by atoms with Crippen molar-refractivity contribution >= 4 is 44.0 Å². The molecule has 9 heteroatoms. The molecule has 0 radical (unpaired) electrons. The third-order valence-corrected chi connectivity index (χ3v) is 11.8. The maximum atomic E-state index is 14.0. The lowest BCUT2D eigenvalue weighted by molar-refractivity contribution is -0.153. The molecule has 0 bridgehead atoms. The van der Waals surface area contributed by atoms with Crippen LogP contribution in [0.3, 0.4) is 0 Å². The van der Waals surface area contributed by atoms with Crippen LogP contribution in [0.5, 0.6) is 0 Å². The average Bonchev–Trinajstić information content (AvgIpc) is 3.15. The number of esters is 1. The topological polar surface area (TPSA) is 101 Å². The van der Waals surface area contributed by atoms with Crippen LogP contribution in [0.4, 0.5) is 17.1 Å². The summed E-state index contributed by atoms with van der Waals surface area (Å²) >= 11 is 0. The van der Waals surface area contributed by atoms with Gasteiger partial charge in [-0.15, -0.1) is 0 Å². The van der Waals surface area contributed by atoms with Gasteiger partial charge in [0.15, 0.2) is 0 Å². The first-order valence-corrected chi connectivity index (χ1v) is 20.0. The molecular weight excluding hydrogens is 695 g/mol. The molecule has 0 atom stereocenters. The highest BCUT2D eigenvalue weighted by atomic mass is 32.2. The largest absolute Gasteiger partial charge is 0.464 e. The minimum Gasteiger partial charge on any atom is -0.464 e. The molecule has 2 aliphatic rings. The van der Waals surface area contributed by atoms with Crippen molar-refractivity contribution in [3.05, 3.63) is 125 Å².